The van der Waals surface area contributed by atoms with Crippen LogP contribution in [0.25, 0.3) is 5.69 Å². The van der Waals surface area contributed by atoms with Crippen LogP contribution in [0.5, 0.6) is 0 Å². The maximum atomic E-state index is 12.1. The van der Waals surface area contributed by atoms with Crippen LogP contribution in [0.2, 0.25) is 0 Å². The Bertz CT molecular complexity index is 737. The summed E-state index contributed by atoms with van der Waals surface area (Å²) in [6.45, 7) is 8.55. The van der Waals surface area contributed by atoms with Gasteiger partial charge in [0.15, 0.2) is 5.16 Å². The number of carbonyl (C=O) groups is 1. The van der Waals surface area contributed by atoms with Crippen LogP contribution < -0.4 is 10.2 Å². The number of piperidine rings is 1. The number of anilines is 1. The molecule has 1 aliphatic rings. The molecule has 6 nitrogen and oxygen atoms in total. The molecule has 2 aromatic rings. The summed E-state index contributed by atoms with van der Waals surface area (Å²) in [7, 11) is 0. The molecule has 0 bridgehead atoms. The Labute approximate surface area is 159 Å². The molecule has 7 heteroatoms. The van der Waals surface area contributed by atoms with E-state index in [0.29, 0.717) is 6.54 Å². The number of benzene rings is 1. The summed E-state index contributed by atoms with van der Waals surface area (Å²) in [4.78, 5) is 14.5. The van der Waals surface area contributed by atoms with Gasteiger partial charge in [0.2, 0.25) is 11.9 Å². The lowest BCUT2D eigenvalue weighted by Gasteiger charge is -2.28. The molecule has 1 aromatic carbocycles. The first kappa shape index (κ1) is 18.8. The number of hydrogen-bond donors (Lipinski definition) is 1. The van der Waals surface area contributed by atoms with Crippen LogP contribution in [0, 0.1) is 6.92 Å². The van der Waals surface area contributed by atoms with Crippen LogP contribution in [0.1, 0.15) is 38.7 Å². The number of aromatic nitrogens is 3. The molecular formula is C19H27N5OS. The molecule has 1 unspecified atom stereocenters. The van der Waals surface area contributed by atoms with Gasteiger partial charge in [-0.25, -0.2) is 0 Å². The van der Waals surface area contributed by atoms with Gasteiger partial charge >= 0.3 is 0 Å². The second kappa shape index (κ2) is 8.58. The summed E-state index contributed by atoms with van der Waals surface area (Å²) in [6.07, 6.45) is 3.63. The van der Waals surface area contributed by atoms with Crippen molar-refractivity contribution >= 4 is 23.6 Å². The zero-order valence-electron chi connectivity index (χ0n) is 15.7. The van der Waals surface area contributed by atoms with Crippen molar-refractivity contribution in [1.29, 1.82) is 0 Å². The minimum Gasteiger partial charge on any atom is -0.355 e. The molecule has 1 atom stereocenters. The van der Waals surface area contributed by atoms with Gasteiger partial charge in [0.05, 0.1) is 10.9 Å². The molecule has 0 saturated carbocycles. The molecule has 2 heterocycles. The molecule has 1 amide bonds. The van der Waals surface area contributed by atoms with Crippen LogP contribution >= 0.6 is 11.8 Å². The quantitative estimate of drug-likeness (QED) is 0.788. The summed E-state index contributed by atoms with van der Waals surface area (Å²) in [6, 6.07) is 8.37. The molecule has 26 heavy (non-hydrogen) atoms. The van der Waals surface area contributed by atoms with Gasteiger partial charge in [-0.1, -0.05) is 29.5 Å². The third-order valence-electron chi connectivity index (χ3n) is 4.55. The summed E-state index contributed by atoms with van der Waals surface area (Å²) in [5, 5.41) is 12.3. The minimum absolute atomic E-state index is 0.0236. The number of rotatable bonds is 6. The topological polar surface area (TPSA) is 63.1 Å². The van der Waals surface area contributed by atoms with E-state index in [0.717, 1.165) is 29.9 Å². The van der Waals surface area contributed by atoms with Crippen LogP contribution in [0.3, 0.4) is 0 Å². The highest BCUT2D eigenvalue weighted by atomic mass is 32.2. The van der Waals surface area contributed by atoms with E-state index >= 15 is 0 Å². The van der Waals surface area contributed by atoms with Crippen molar-refractivity contribution < 1.29 is 4.79 Å². The smallest absolute Gasteiger partial charge is 0.233 e. The maximum Gasteiger partial charge on any atom is 0.233 e. The molecule has 3 rings (SSSR count). The number of carbonyl (C=O) groups excluding carboxylic acids is 1. The lowest BCUT2D eigenvalue weighted by atomic mass is 10.1. The Hall–Kier alpha value is -2.02. The van der Waals surface area contributed by atoms with E-state index in [1.165, 1.54) is 36.6 Å². The van der Waals surface area contributed by atoms with Crippen molar-refractivity contribution in [1.82, 2.24) is 20.1 Å². The zero-order valence-corrected chi connectivity index (χ0v) is 16.6. The fraction of sp³-hybridized carbons (Fsp3) is 0.526. The lowest BCUT2D eigenvalue weighted by molar-refractivity contribution is -0.120. The minimum atomic E-state index is -0.224. The van der Waals surface area contributed by atoms with E-state index in [1.54, 1.807) is 0 Å². The van der Waals surface area contributed by atoms with Crippen LogP contribution in [0.15, 0.2) is 29.4 Å². The third-order valence-corrected chi connectivity index (χ3v) is 5.59. The number of hydrogen-bond acceptors (Lipinski definition) is 5. The summed E-state index contributed by atoms with van der Waals surface area (Å²) < 4.78 is 2.09. The predicted molar refractivity (Wildman–Crippen MR) is 106 cm³/mol. The Kier molecular flexibility index (Phi) is 6.19. The summed E-state index contributed by atoms with van der Waals surface area (Å²) >= 11 is 1.45. The Morgan fingerprint density at radius 2 is 1.88 bits per heavy atom. The van der Waals surface area contributed by atoms with Gasteiger partial charge in [0, 0.05) is 19.6 Å². The highest BCUT2D eigenvalue weighted by molar-refractivity contribution is 8.00. The SMILES string of the molecule is CCNC(=O)C(C)Sc1nnc(N2CCCCC2)n1-c1ccc(C)cc1. The van der Waals surface area contributed by atoms with Crippen molar-refractivity contribution in [2.24, 2.45) is 0 Å². The van der Waals surface area contributed by atoms with E-state index in [9.17, 15) is 4.79 Å². The van der Waals surface area contributed by atoms with Crippen molar-refractivity contribution in [3.63, 3.8) is 0 Å². The number of amides is 1. The molecule has 1 aliphatic heterocycles. The van der Waals surface area contributed by atoms with Crippen molar-refractivity contribution in [3.05, 3.63) is 29.8 Å². The largest absolute Gasteiger partial charge is 0.355 e. The van der Waals surface area contributed by atoms with Gasteiger partial charge in [0.1, 0.15) is 0 Å². The van der Waals surface area contributed by atoms with Crippen molar-refractivity contribution in [2.75, 3.05) is 24.5 Å². The molecule has 1 aromatic heterocycles. The molecule has 1 fully saturated rings. The highest BCUT2D eigenvalue weighted by Crippen LogP contribution is 2.30. The molecule has 0 radical (unpaired) electrons. The fourth-order valence-corrected chi connectivity index (χ4v) is 3.97. The number of nitrogens with one attached hydrogen (secondary N) is 1. The van der Waals surface area contributed by atoms with Crippen LogP contribution in [-0.4, -0.2) is 45.6 Å². The number of thioether (sulfide) groups is 1. The first-order valence-electron chi connectivity index (χ1n) is 9.32. The lowest BCUT2D eigenvalue weighted by Crippen LogP contribution is -2.32. The van der Waals surface area contributed by atoms with Gasteiger partial charge < -0.3 is 10.2 Å². The summed E-state index contributed by atoms with van der Waals surface area (Å²) in [5.41, 5.74) is 2.25. The van der Waals surface area contributed by atoms with Gasteiger partial charge in [-0.15, -0.1) is 10.2 Å². The van der Waals surface area contributed by atoms with Crippen LogP contribution in [-0.2, 0) is 4.79 Å². The highest BCUT2D eigenvalue weighted by Gasteiger charge is 2.24. The van der Waals surface area contributed by atoms with Gasteiger partial charge in [0.25, 0.3) is 0 Å². The molecular weight excluding hydrogens is 346 g/mol. The van der Waals surface area contributed by atoms with Gasteiger partial charge in [-0.2, -0.15) is 0 Å². The molecule has 0 spiro atoms. The average molecular weight is 374 g/mol. The maximum absolute atomic E-state index is 12.1. The zero-order chi connectivity index (χ0) is 18.5. The van der Waals surface area contributed by atoms with E-state index in [2.05, 4.69) is 56.2 Å². The first-order valence-corrected chi connectivity index (χ1v) is 10.2. The van der Waals surface area contributed by atoms with Crippen LogP contribution in [0.4, 0.5) is 5.95 Å². The van der Waals surface area contributed by atoms with E-state index in [1.807, 2.05) is 13.8 Å². The molecule has 1 N–H and O–H groups in total. The van der Waals surface area contributed by atoms with E-state index < -0.39 is 0 Å². The monoisotopic (exact) mass is 373 g/mol. The third kappa shape index (κ3) is 4.20. The predicted octanol–water partition coefficient (Wildman–Crippen LogP) is 3.18. The normalized spacial score (nSPS) is 15.7. The second-order valence-corrected chi connectivity index (χ2v) is 7.96. The Morgan fingerprint density at radius 3 is 2.54 bits per heavy atom. The van der Waals surface area contributed by atoms with Gasteiger partial charge in [-0.3, -0.25) is 9.36 Å². The molecule has 0 aliphatic carbocycles. The number of aryl methyl sites for hydroxylation is 1. The molecule has 1 saturated heterocycles. The number of nitrogens with zero attached hydrogens (tertiary/aromatic N) is 4. The second-order valence-electron chi connectivity index (χ2n) is 6.66. The Balaban J connectivity index is 1.94. The summed E-state index contributed by atoms with van der Waals surface area (Å²) in [5.74, 6) is 0.898. The van der Waals surface area contributed by atoms with Crippen molar-refractivity contribution in [2.45, 2.75) is 50.4 Å². The Morgan fingerprint density at radius 1 is 1.19 bits per heavy atom. The first-order chi connectivity index (χ1) is 12.6. The fourth-order valence-electron chi connectivity index (χ4n) is 3.09. The average Bonchev–Trinajstić information content (AvgIpc) is 3.07. The van der Waals surface area contributed by atoms with E-state index in [4.69, 9.17) is 0 Å². The standard InChI is InChI=1S/C19H27N5OS/c1-4-20-17(25)15(3)26-19-22-21-18(23-12-6-5-7-13-23)24(19)16-10-8-14(2)9-11-16/h8-11,15H,4-7,12-13H2,1-3H3,(H,20,25). The van der Waals surface area contributed by atoms with Gasteiger partial charge in [-0.05, 0) is 52.2 Å². The van der Waals surface area contributed by atoms with Crippen molar-refractivity contribution in [3.8, 4) is 5.69 Å². The molecule has 140 valence electrons. The van der Waals surface area contributed by atoms with E-state index in [-0.39, 0.29) is 11.2 Å².